The summed E-state index contributed by atoms with van der Waals surface area (Å²) in [6.07, 6.45) is 3.28. The van der Waals surface area contributed by atoms with Crippen LogP contribution in [-0.4, -0.2) is 4.40 Å². The lowest BCUT2D eigenvalue weighted by molar-refractivity contribution is 0.645. The molecule has 0 N–H and O–H groups in total. The molecule has 0 fully saturated rings. The Morgan fingerprint density at radius 2 is 0.846 bits per heavy atom. The van der Waals surface area contributed by atoms with Crippen LogP contribution in [0.3, 0.4) is 0 Å². The summed E-state index contributed by atoms with van der Waals surface area (Å²) in [4.78, 5) is 4.43. The average Bonchev–Trinajstić information content (AvgIpc) is 3.84. The second kappa shape index (κ2) is 17.8. The zero-order valence-corrected chi connectivity index (χ0v) is 35.8. The summed E-state index contributed by atoms with van der Waals surface area (Å²) < 4.78 is 13.3. The second-order valence-electron chi connectivity index (χ2n) is 15.7. The summed E-state index contributed by atoms with van der Waals surface area (Å²) in [5, 5.41) is 29.0. The molecule has 11 aromatic rings. The molecule has 65 heavy (non-hydrogen) atoms. The average molecular weight is 840 g/mol. The summed E-state index contributed by atoms with van der Waals surface area (Å²) in [6, 6.07) is 70.1. The van der Waals surface area contributed by atoms with E-state index in [9.17, 15) is 14.9 Å². The molecule has 0 saturated heterocycles. The van der Waals surface area contributed by atoms with Gasteiger partial charge in [0.25, 0.3) is 0 Å². The molecule has 2 aromatic heterocycles. The number of rotatable bonds is 7. The molecule has 0 saturated carbocycles. The van der Waals surface area contributed by atoms with E-state index in [1.807, 2.05) is 72.8 Å². The lowest BCUT2D eigenvalue weighted by atomic mass is 10.0. The number of para-hydroxylation sites is 3. The summed E-state index contributed by atoms with van der Waals surface area (Å²) in [7, 11) is 0. The minimum Gasteiger partial charge on any atom is -0.310 e. The first-order valence-electron chi connectivity index (χ1n) is 21.1. The summed E-state index contributed by atoms with van der Waals surface area (Å²) >= 11 is 0. The number of halogens is 1. The van der Waals surface area contributed by atoms with E-state index in [1.165, 1.54) is 44.8 Å². The van der Waals surface area contributed by atoms with Gasteiger partial charge in [-0.15, -0.1) is 0 Å². The number of aromatic nitrogens is 1. The molecule has 0 aliphatic heterocycles. The molecule has 6 heteroatoms. The first-order valence-corrected chi connectivity index (χ1v) is 21.1. The fourth-order valence-corrected chi connectivity index (χ4v) is 8.69. The van der Waals surface area contributed by atoms with Gasteiger partial charge in [-0.2, -0.15) is 10.5 Å². The van der Waals surface area contributed by atoms with Gasteiger partial charge in [-0.1, -0.05) is 111 Å². The van der Waals surface area contributed by atoms with Crippen LogP contribution < -0.4 is 9.80 Å². The van der Waals surface area contributed by atoms with Crippen molar-refractivity contribution < 1.29 is 4.39 Å². The number of allylic oxidation sites excluding steroid dienone is 3. The van der Waals surface area contributed by atoms with Crippen LogP contribution in [0.5, 0.6) is 0 Å². The van der Waals surface area contributed by atoms with Gasteiger partial charge in [0.1, 0.15) is 0 Å². The van der Waals surface area contributed by atoms with E-state index in [0.717, 1.165) is 55.9 Å². The van der Waals surface area contributed by atoms with Crippen LogP contribution in [-0.2, 0) is 0 Å². The van der Waals surface area contributed by atoms with E-state index in [2.05, 4.69) is 161 Å². The molecule has 0 bridgehead atoms. The minimum absolute atomic E-state index is 0.333. The Labute approximate surface area is 377 Å². The fraction of sp³-hybridized carbons (Fsp3) is 0.0169. The second-order valence-corrected chi connectivity index (χ2v) is 15.7. The van der Waals surface area contributed by atoms with Crippen LogP contribution in [0, 0.1) is 22.7 Å². The van der Waals surface area contributed by atoms with Crippen LogP contribution in [0.25, 0.3) is 59.6 Å². The first-order chi connectivity index (χ1) is 31.8. The Kier molecular flexibility index (Phi) is 11.3. The quantitative estimate of drug-likeness (QED) is 0.150. The van der Waals surface area contributed by atoms with E-state index in [0.29, 0.717) is 11.1 Å². The highest BCUT2D eigenvalue weighted by Gasteiger charge is 2.21. The molecule has 0 radical (unpaired) electrons. The largest absolute Gasteiger partial charge is 0.310 e. The molecule has 11 rings (SSSR count). The number of hydrogen-bond donors (Lipinski definition) is 0. The molecule has 0 aliphatic rings. The molecule has 310 valence electrons. The number of benzene rings is 9. The van der Waals surface area contributed by atoms with Crippen LogP contribution in [0.15, 0.2) is 226 Å². The van der Waals surface area contributed by atoms with Crippen LogP contribution in [0.2, 0.25) is 0 Å². The lowest BCUT2D eigenvalue weighted by Crippen LogP contribution is -2.10. The van der Waals surface area contributed by atoms with Gasteiger partial charge in [0.05, 0.1) is 45.6 Å². The predicted molar refractivity (Wildman–Crippen MR) is 271 cm³/mol. The predicted octanol–water partition coefficient (Wildman–Crippen LogP) is 16.7. The smallest absolute Gasteiger partial charge is 0.0992 e. The van der Waals surface area contributed by atoms with E-state index >= 15 is 0 Å². The zero-order valence-electron chi connectivity index (χ0n) is 35.8. The SMILES string of the molecule is C=C(C)F.C=CC=C.N#Cc1cccc(N(c2ccccc2)c2ccc3cc4c5cccc6c7cc8ccc(N(c9ccccc9)c9cccc(C#N)c9)cc8cc7n(c4cc3c2)c56)c1. The molecule has 0 amide bonds. The topological polar surface area (TPSA) is 58.5 Å². The Morgan fingerprint density at radius 1 is 0.462 bits per heavy atom. The normalized spacial score (nSPS) is 10.8. The van der Waals surface area contributed by atoms with E-state index < -0.39 is 0 Å². The van der Waals surface area contributed by atoms with Crippen molar-refractivity contribution in [2.75, 3.05) is 9.80 Å². The van der Waals surface area contributed by atoms with Crippen molar-refractivity contribution >= 4 is 93.8 Å². The maximum absolute atomic E-state index is 10.8. The lowest BCUT2D eigenvalue weighted by Gasteiger charge is -2.26. The number of nitrogens with zero attached hydrogens (tertiary/aromatic N) is 5. The molecule has 5 nitrogen and oxygen atoms in total. The van der Waals surface area contributed by atoms with Crippen molar-refractivity contribution in [3.05, 3.63) is 237 Å². The summed E-state index contributed by atoms with van der Waals surface area (Å²) in [5.74, 6) is -0.333. The Balaban J connectivity index is 0.000000619. The third kappa shape index (κ3) is 7.89. The van der Waals surface area contributed by atoms with E-state index in [4.69, 9.17) is 0 Å². The maximum Gasteiger partial charge on any atom is 0.0992 e. The summed E-state index contributed by atoms with van der Waals surface area (Å²) in [5.41, 5.74) is 10.7. The molecule has 2 heterocycles. The van der Waals surface area contributed by atoms with Gasteiger partial charge < -0.3 is 14.2 Å². The van der Waals surface area contributed by atoms with Crippen LogP contribution in [0.1, 0.15) is 18.1 Å². The van der Waals surface area contributed by atoms with Crippen molar-refractivity contribution in [1.29, 1.82) is 10.5 Å². The van der Waals surface area contributed by atoms with Gasteiger partial charge in [-0.3, -0.25) is 0 Å². The number of anilines is 6. The molecule has 0 spiro atoms. The van der Waals surface area contributed by atoms with Gasteiger partial charge in [0.15, 0.2) is 0 Å². The van der Waals surface area contributed by atoms with Crippen molar-refractivity contribution in [3.63, 3.8) is 0 Å². The monoisotopic (exact) mass is 839 g/mol. The first kappa shape index (κ1) is 41.4. The van der Waals surface area contributed by atoms with Crippen LogP contribution in [0.4, 0.5) is 38.5 Å². The molecule has 0 unspecified atom stereocenters. The van der Waals surface area contributed by atoms with Crippen LogP contribution >= 0.6 is 0 Å². The molecule has 9 aromatic carbocycles. The highest BCUT2D eigenvalue weighted by molar-refractivity contribution is 6.26. The van der Waals surface area contributed by atoms with Gasteiger partial charge in [-0.05, 0) is 138 Å². The molecule has 0 aliphatic carbocycles. The number of fused-ring (bicyclic) bond motifs is 8. The Hall–Kier alpha value is -8.97. The fourth-order valence-electron chi connectivity index (χ4n) is 8.69. The van der Waals surface area contributed by atoms with Crippen molar-refractivity contribution in [2.45, 2.75) is 6.92 Å². The van der Waals surface area contributed by atoms with Gasteiger partial charge in [0, 0.05) is 55.7 Å². The van der Waals surface area contributed by atoms with Crippen molar-refractivity contribution in [1.82, 2.24) is 4.40 Å². The minimum atomic E-state index is -0.333. The third-order valence-corrected chi connectivity index (χ3v) is 11.4. The number of nitriles is 2. The van der Waals surface area contributed by atoms with Crippen molar-refractivity contribution in [2.24, 2.45) is 0 Å². The molecular formula is C59H42FN5. The molecular weight excluding hydrogens is 798 g/mol. The number of hydrogen-bond acceptors (Lipinski definition) is 4. The van der Waals surface area contributed by atoms with E-state index in [1.54, 1.807) is 12.2 Å². The van der Waals surface area contributed by atoms with E-state index in [-0.39, 0.29) is 5.83 Å². The zero-order chi connectivity index (χ0) is 45.0. The molecule has 0 atom stereocenters. The maximum atomic E-state index is 10.8. The van der Waals surface area contributed by atoms with Crippen molar-refractivity contribution in [3.8, 4) is 12.1 Å². The third-order valence-electron chi connectivity index (χ3n) is 11.4. The summed E-state index contributed by atoms with van der Waals surface area (Å²) in [6.45, 7) is 10.9. The Morgan fingerprint density at radius 3 is 1.25 bits per heavy atom. The van der Waals surface area contributed by atoms with Gasteiger partial charge in [-0.25, -0.2) is 4.39 Å². The highest BCUT2D eigenvalue weighted by Crippen LogP contribution is 2.44. The Bertz CT molecular complexity index is 3430. The van der Waals surface area contributed by atoms with Gasteiger partial charge in [0.2, 0.25) is 0 Å². The standard InChI is InChI=1S/C52H31N5.C4H6.C3H5F/c53-32-34-10-7-16-42(24-34)55(40-12-3-1-4-13-40)44-22-20-36-28-48-46-18-9-19-47-49-29-37-21-23-45(27-39(37)31-51(49)57(52(46)47)50(48)30-38(36)26-44)56(41-14-5-2-6-15-41)43-17-8-11-35(25-43)33-54;1-3-4-2;1-3(2)4/h1-31H;3-4H,1-2H2;1H2,2H3. The highest BCUT2D eigenvalue weighted by atomic mass is 19.1. The van der Waals surface area contributed by atoms with Gasteiger partial charge >= 0.3 is 0 Å².